The molecule has 2 fully saturated rings. The number of rotatable bonds is 4. The number of ether oxygens (including phenoxy) is 1. The van der Waals surface area contributed by atoms with Gasteiger partial charge in [-0.15, -0.1) is 0 Å². The number of nitrogens with zero attached hydrogens (tertiary/aromatic N) is 3. The standard InChI is InChI=1S/C20H23N3O3S/c24-27(25)19-7-4-10-21-20(19)26-18-14-22(11-16-8-9-16)13-17(18)23(27)12-15-5-2-1-3-6-15/h1-7,10,16-18H,8-9,11-14H2/t17-,18+/m1/s1. The van der Waals surface area contributed by atoms with E-state index in [-0.39, 0.29) is 22.9 Å². The first-order chi connectivity index (χ1) is 13.1. The molecule has 0 unspecified atom stereocenters. The van der Waals surface area contributed by atoms with Gasteiger partial charge in [0, 0.05) is 32.4 Å². The SMILES string of the molecule is O=S1(=O)c2cccnc2O[C@H]2CN(CC3CC3)C[C@H]2N1Cc1ccccc1. The van der Waals surface area contributed by atoms with Crippen molar-refractivity contribution in [2.24, 2.45) is 5.92 Å². The van der Waals surface area contributed by atoms with Crippen molar-refractivity contribution in [3.63, 3.8) is 0 Å². The molecule has 3 aliphatic rings. The largest absolute Gasteiger partial charge is 0.470 e. The number of fused-ring (bicyclic) bond motifs is 2. The van der Waals surface area contributed by atoms with Crippen LogP contribution in [0.2, 0.25) is 0 Å². The van der Waals surface area contributed by atoms with Crippen LogP contribution in [0, 0.1) is 5.92 Å². The third-order valence-electron chi connectivity index (χ3n) is 5.66. The van der Waals surface area contributed by atoms with Crippen molar-refractivity contribution < 1.29 is 13.2 Å². The summed E-state index contributed by atoms with van der Waals surface area (Å²) in [7, 11) is -3.69. The number of sulfonamides is 1. The van der Waals surface area contributed by atoms with Crippen LogP contribution in [0.4, 0.5) is 0 Å². The molecular weight excluding hydrogens is 362 g/mol. The lowest BCUT2D eigenvalue weighted by molar-refractivity contribution is 0.144. The lowest BCUT2D eigenvalue weighted by atomic mass is 10.1. The van der Waals surface area contributed by atoms with Gasteiger partial charge in [0.25, 0.3) is 0 Å². The van der Waals surface area contributed by atoms with Crippen molar-refractivity contribution in [3.05, 3.63) is 54.2 Å². The minimum Gasteiger partial charge on any atom is -0.470 e. The Kier molecular flexibility index (Phi) is 4.18. The molecule has 27 heavy (non-hydrogen) atoms. The zero-order chi connectivity index (χ0) is 18.4. The van der Waals surface area contributed by atoms with E-state index < -0.39 is 10.0 Å². The van der Waals surface area contributed by atoms with E-state index in [0.717, 1.165) is 24.6 Å². The maximum atomic E-state index is 13.5. The Morgan fingerprint density at radius 3 is 2.67 bits per heavy atom. The van der Waals surface area contributed by atoms with Gasteiger partial charge in [-0.3, -0.25) is 4.90 Å². The zero-order valence-corrected chi connectivity index (χ0v) is 15.9. The maximum Gasteiger partial charge on any atom is 0.249 e. The Balaban J connectivity index is 1.53. The molecular formula is C20H23N3O3S. The second kappa shape index (κ2) is 6.58. The van der Waals surface area contributed by atoms with Crippen LogP contribution in [0.25, 0.3) is 0 Å². The van der Waals surface area contributed by atoms with Gasteiger partial charge < -0.3 is 4.74 Å². The Hall–Kier alpha value is -1.96. The topological polar surface area (TPSA) is 62.7 Å². The summed E-state index contributed by atoms with van der Waals surface area (Å²) in [5.74, 6) is 0.994. The molecule has 5 rings (SSSR count). The summed E-state index contributed by atoms with van der Waals surface area (Å²) >= 11 is 0. The molecule has 0 N–H and O–H groups in total. The summed E-state index contributed by atoms with van der Waals surface area (Å²) in [6.45, 7) is 2.84. The Bertz CT molecular complexity index is 930. The van der Waals surface area contributed by atoms with E-state index in [4.69, 9.17) is 4.74 Å². The van der Waals surface area contributed by atoms with Crippen molar-refractivity contribution >= 4 is 10.0 Å². The van der Waals surface area contributed by atoms with Gasteiger partial charge in [-0.1, -0.05) is 30.3 Å². The number of aromatic nitrogens is 1. The molecule has 142 valence electrons. The Labute approximate surface area is 159 Å². The fraction of sp³-hybridized carbons (Fsp3) is 0.450. The van der Waals surface area contributed by atoms with E-state index in [2.05, 4.69) is 9.88 Å². The van der Waals surface area contributed by atoms with Crippen LogP contribution < -0.4 is 4.74 Å². The van der Waals surface area contributed by atoms with Crippen LogP contribution >= 0.6 is 0 Å². The van der Waals surface area contributed by atoms with E-state index in [1.54, 1.807) is 22.6 Å². The molecule has 7 heteroatoms. The van der Waals surface area contributed by atoms with Crippen LogP contribution in [0.1, 0.15) is 18.4 Å². The third kappa shape index (κ3) is 3.24. The van der Waals surface area contributed by atoms with Crippen LogP contribution in [0.5, 0.6) is 5.88 Å². The summed E-state index contributed by atoms with van der Waals surface area (Å²) < 4.78 is 34.8. The van der Waals surface area contributed by atoms with Crippen LogP contribution in [-0.4, -0.2) is 54.4 Å². The van der Waals surface area contributed by atoms with Gasteiger partial charge >= 0.3 is 0 Å². The molecule has 2 aromatic rings. The highest BCUT2D eigenvalue weighted by Crippen LogP contribution is 2.37. The number of pyridine rings is 1. The summed E-state index contributed by atoms with van der Waals surface area (Å²) in [6.07, 6.45) is 3.96. The van der Waals surface area contributed by atoms with Crippen LogP contribution in [0.15, 0.2) is 53.6 Å². The van der Waals surface area contributed by atoms with E-state index in [9.17, 15) is 8.42 Å². The van der Waals surface area contributed by atoms with E-state index >= 15 is 0 Å². The highest BCUT2D eigenvalue weighted by molar-refractivity contribution is 7.89. The minimum absolute atomic E-state index is 0.170. The highest BCUT2D eigenvalue weighted by atomic mass is 32.2. The summed E-state index contributed by atoms with van der Waals surface area (Å²) in [6, 6.07) is 12.8. The molecule has 1 aliphatic carbocycles. The quantitative estimate of drug-likeness (QED) is 0.807. The first-order valence-corrected chi connectivity index (χ1v) is 10.9. The van der Waals surface area contributed by atoms with Crippen molar-refractivity contribution in [2.75, 3.05) is 19.6 Å². The van der Waals surface area contributed by atoms with Gasteiger partial charge in [-0.25, -0.2) is 13.4 Å². The molecule has 1 saturated heterocycles. The average molecular weight is 385 g/mol. The maximum absolute atomic E-state index is 13.5. The Morgan fingerprint density at radius 1 is 1.07 bits per heavy atom. The predicted molar refractivity (Wildman–Crippen MR) is 101 cm³/mol. The monoisotopic (exact) mass is 385 g/mol. The summed E-state index contributed by atoms with van der Waals surface area (Å²) in [5.41, 5.74) is 0.979. The number of hydrogen-bond donors (Lipinski definition) is 0. The molecule has 0 radical (unpaired) electrons. The molecule has 6 nitrogen and oxygen atoms in total. The molecule has 0 amide bonds. The van der Waals surface area contributed by atoms with E-state index in [0.29, 0.717) is 13.1 Å². The Morgan fingerprint density at radius 2 is 1.89 bits per heavy atom. The molecule has 2 atom stereocenters. The molecule has 0 bridgehead atoms. The minimum atomic E-state index is -3.69. The van der Waals surface area contributed by atoms with Crippen molar-refractivity contribution in [1.29, 1.82) is 0 Å². The second-order valence-corrected chi connectivity index (χ2v) is 9.59. The second-order valence-electron chi connectivity index (χ2n) is 7.73. The fourth-order valence-electron chi connectivity index (χ4n) is 4.11. The van der Waals surface area contributed by atoms with E-state index in [1.807, 2.05) is 30.3 Å². The van der Waals surface area contributed by atoms with Gasteiger partial charge in [0.1, 0.15) is 11.0 Å². The van der Waals surface area contributed by atoms with Crippen molar-refractivity contribution in [3.8, 4) is 5.88 Å². The normalized spacial score (nSPS) is 27.4. The number of hydrogen-bond acceptors (Lipinski definition) is 5. The molecule has 0 spiro atoms. The number of likely N-dealkylation sites (tertiary alicyclic amines) is 1. The van der Waals surface area contributed by atoms with Crippen LogP contribution in [0.3, 0.4) is 0 Å². The zero-order valence-electron chi connectivity index (χ0n) is 15.1. The molecule has 1 aromatic carbocycles. The van der Waals surface area contributed by atoms with E-state index in [1.165, 1.54) is 12.8 Å². The molecule has 2 aliphatic heterocycles. The number of benzene rings is 1. The van der Waals surface area contributed by atoms with Crippen molar-refractivity contribution in [2.45, 2.75) is 36.4 Å². The fourth-order valence-corrected chi connectivity index (χ4v) is 5.82. The third-order valence-corrected chi connectivity index (χ3v) is 7.55. The van der Waals surface area contributed by atoms with Gasteiger partial charge in [0.05, 0.1) is 6.04 Å². The lowest BCUT2D eigenvalue weighted by Crippen LogP contribution is -2.46. The molecule has 1 saturated carbocycles. The van der Waals surface area contributed by atoms with Gasteiger partial charge in [0.15, 0.2) is 0 Å². The average Bonchev–Trinajstić information content (AvgIpc) is 3.41. The first-order valence-electron chi connectivity index (χ1n) is 9.51. The van der Waals surface area contributed by atoms with Crippen molar-refractivity contribution in [1.82, 2.24) is 14.2 Å². The van der Waals surface area contributed by atoms with Gasteiger partial charge in [-0.05, 0) is 36.5 Å². The van der Waals surface area contributed by atoms with Gasteiger partial charge in [0.2, 0.25) is 15.9 Å². The molecule has 1 aromatic heterocycles. The smallest absolute Gasteiger partial charge is 0.249 e. The summed E-state index contributed by atoms with van der Waals surface area (Å²) in [4.78, 5) is 6.75. The molecule has 3 heterocycles. The predicted octanol–water partition coefficient (Wildman–Crippen LogP) is 2.13. The lowest BCUT2D eigenvalue weighted by Gasteiger charge is -2.28. The highest BCUT2D eigenvalue weighted by Gasteiger charge is 2.48. The summed E-state index contributed by atoms with van der Waals surface area (Å²) in [5, 5.41) is 0. The van der Waals surface area contributed by atoms with Crippen LogP contribution in [-0.2, 0) is 16.6 Å². The van der Waals surface area contributed by atoms with Gasteiger partial charge in [-0.2, -0.15) is 4.31 Å². The first kappa shape index (κ1) is 17.2.